The van der Waals surface area contributed by atoms with Gasteiger partial charge in [-0.3, -0.25) is 0 Å². The first-order chi connectivity index (χ1) is 12.3. The van der Waals surface area contributed by atoms with Crippen LogP contribution >= 0.6 is 23.6 Å². The monoisotopic (exact) mass is 388 g/mol. The molecule has 26 heavy (non-hydrogen) atoms. The number of carbonyl (C=O) groups excluding carboxylic acids is 1. The van der Waals surface area contributed by atoms with E-state index in [4.69, 9.17) is 17.0 Å². The molecular weight excluding hydrogens is 364 g/mol. The van der Waals surface area contributed by atoms with Crippen LogP contribution in [0.2, 0.25) is 0 Å². The van der Waals surface area contributed by atoms with E-state index in [1.54, 1.807) is 11.3 Å². The van der Waals surface area contributed by atoms with E-state index in [1.165, 1.54) is 4.88 Å². The average molecular weight is 389 g/mol. The summed E-state index contributed by atoms with van der Waals surface area (Å²) in [7, 11) is 0. The van der Waals surface area contributed by atoms with Gasteiger partial charge in [0.1, 0.15) is 10.6 Å². The molecule has 0 aliphatic heterocycles. The van der Waals surface area contributed by atoms with E-state index >= 15 is 0 Å². The topological polar surface area (TPSA) is 50.4 Å². The predicted molar refractivity (Wildman–Crippen MR) is 112 cm³/mol. The van der Waals surface area contributed by atoms with Crippen LogP contribution in [0.25, 0.3) is 0 Å². The van der Waals surface area contributed by atoms with Crippen LogP contribution in [0.3, 0.4) is 0 Å². The fraction of sp³-hybridized carbons (Fsp3) is 0.400. The Morgan fingerprint density at radius 1 is 1.12 bits per heavy atom. The summed E-state index contributed by atoms with van der Waals surface area (Å²) in [6.07, 6.45) is 4.19. The van der Waals surface area contributed by atoms with Crippen LogP contribution in [0, 0.1) is 0 Å². The van der Waals surface area contributed by atoms with E-state index in [1.807, 2.05) is 51.1 Å². The number of esters is 1. The third-order valence-electron chi connectivity index (χ3n) is 4.03. The molecule has 0 fully saturated rings. The molecule has 2 aromatic rings. The van der Waals surface area contributed by atoms with Crippen molar-refractivity contribution in [2.45, 2.75) is 52.1 Å². The van der Waals surface area contributed by atoms with Crippen molar-refractivity contribution < 1.29 is 9.53 Å². The highest BCUT2D eigenvalue weighted by atomic mass is 32.1. The second-order valence-electron chi connectivity index (χ2n) is 7.36. The zero-order valence-corrected chi connectivity index (χ0v) is 17.0. The summed E-state index contributed by atoms with van der Waals surface area (Å²) in [5, 5.41) is 7.63. The van der Waals surface area contributed by atoms with E-state index in [0.29, 0.717) is 10.7 Å². The van der Waals surface area contributed by atoms with Gasteiger partial charge in [-0.1, -0.05) is 18.2 Å². The second-order valence-corrected chi connectivity index (χ2v) is 8.88. The Labute approximate surface area is 164 Å². The molecule has 0 saturated heterocycles. The standard InChI is InChI=1S/C20H24N2O2S2/c1-20(2,3)24-18(23)16-14-11-7-8-12-15(14)26-17(16)22-19(25)21-13-9-5-4-6-10-13/h4-6,9-10H,7-8,11-12H2,1-3H3,(H2,21,22,25). The van der Waals surface area contributed by atoms with E-state index in [9.17, 15) is 4.79 Å². The molecule has 1 heterocycles. The number of nitrogens with one attached hydrogen (secondary N) is 2. The molecule has 1 aliphatic carbocycles. The third kappa shape index (κ3) is 4.62. The first-order valence-corrected chi connectivity index (χ1v) is 10.1. The van der Waals surface area contributed by atoms with Crippen LogP contribution < -0.4 is 10.6 Å². The number of benzene rings is 1. The summed E-state index contributed by atoms with van der Waals surface area (Å²) < 4.78 is 5.65. The number of para-hydroxylation sites is 1. The Kier molecular flexibility index (Phi) is 5.63. The molecular formula is C20H24N2O2S2. The summed E-state index contributed by atoms with van der Waals surface area (Å²) in [4.78, 5) is 14.1. The maximum Gasteiger partial charge on any atom is 0.341 e. The van der Waals surface area contributed by atoms with Gasteiger partial charge in [-0.25, -0.2) is 4.79 Å². The highest BCUT2D eigenvalue weighted by Gasteiger charge is 2.29. The number of rotatable bonds is 3. The first kappa shape index (κ1) is 18.9. The van der Waals surface area contributed by atoms with Gasteiger partial charge < -0.3 is 15.4 Å². The zero-order chi connectivity index (χ0) is 18.7. The maximum atomic E-state index is 12.8. The molecule has 1 aliphatic rings. The van der Waals surface area contributed by atoms with Gasteiger partial charge in [0.2, 0.25) is 0 Å². The van der Waals surface area contributed by atoms with Crippen molar-refractivity contribution in [1.82, 2.24) is 0 Å². The molecule has 0 spiro atoms. The molecule has 3 rings (SSSR count). The van der Waals surface area contributed by atoms with Crippen LogP contribution in [0.15, 0.2) is 30.3 Å². The minimum absolute atomic E-state index is 0.276. The zero-order valence-electron chi connectivity index (χ0n) is 15.3. The Morgan fingerprint density at radius 3 is 2.50 bits per heavy atom. The normalized spacial score (nSPS) is 13.7. The van der Waals surface area contributed by atoms with Gasteiger partial charge in [0.25, 0.3) is 0 Å². The van der Waals surface area contributed by atoms with Crippen molar-refractivity contribution in [2.24, 2.45) is 0 Å². The van der Waals surface area contributed by atoms with Gasteiger partial charge >= 0.3 is 5.97 Å². The molecule has 0 radical (unpaired) electrons. The van der Waals surface area contributed by atoms with Crippen LogP contribution in [0.1, 0.15) is 54.4 Å². The molecule has 0 saturated carbocycles. The molecule has 0 atom stereocenters. The van der Waals surface area contributed by atoms with Gasteiger partial charge in [0.15, 0.2) is 5.11 Å². The van der Waals surface area contributed by atoms with Crippen molar-refractivity contribution in [2.75, 3.05) is 10.6 Å². The largest absolute Gasteiger partial charge is 0.456 e. The Bertz CT molecular complexity index is 807. The van der Waals surface area contributed by atoms with E-state index in [0.717, 1.165) is 41.9 Å². The first-order valence-electron chi connectivity index (χ1n) is 8.84. The quantitative estimate of drug-likeness (QED) is 0.545. The highest BCUT2D eigenvalue weighted by molar-refractivity contribution is 7.80. The van der Waals surface area contributed by atoms with Crippen LogP contribution in [-0.4, -0.2) is 16.7 Å². The summed E-state index contributed by atoms with van der Waals surface area (Å²) >= 11 is 7.06. The van der Waals surface area contributed by atoms with Crippen molar-refractivity contribution in [3.8, 4) is 0 Å². The number of anilines is 2. The third-order valence-corrected chi connectivity index (χ3v) is 5.44. The Balaban J connectivity index is 1.85. The predicted octanol–water partition coefficient (Wildman–Crippen LogP) is 5.39. The maximum absolute atomic E-state index is 12.8. The number of fused-ring (bicyclic) bond motifs is 1. The second kappa shape index (κ2) is 7.76. The number of carbonyl (C=O) groups is 1. The molecule has 1 aromatic heterocycles. The lowest BCUT2D eigenvalue weighted by atomic mass is 9.95. The average Bonchev–Trinajstić information content (AvgIpc) is 2.91. The van der Waals surface area contributed by atoms with Crippen LogP contribution in [-0.2, 0) is 17.6 Å². The summed E-state index contributed by atoms with van der Waals surface area (Å²) in [5.74, 6) is -0.276. The SMILES string of the molecule is CC(C)(C)OC(=O)c1c(NC(=S)Nc2ccccc2)sc2c1CCCC2. The fourth-order valence-electron chi connectivity index (χ4n) is 2.99. The molecule has 2 N–H and O–H groups in total. The minimum atomic E-state index is -0.527. The van der Waals surface area contributed by atoms with Gasteiger partial charge in [-0.15, -0.1) is 11.3 Å². The van der Waals surface area contributed by atoms with E-state index in [-0.39, 0.29) is 5.97 Å². The molecule has 4 nitrogen and oxygen atoms in total. The van der Waals surface area contributed by atoms with Crippen molar-refractivity contribution in [1.29, 1.82) is 0 Å². The van der Waals surface area contributed by atoms with E-state index < -0.39 is 5.60 Å². The Morgan fingerprint density at radius 2 is 1.81 bits per heavy atom. The summed E-state index contributed by atoms with van der Waals surface area (Å²) in [6, 6.07) is 9.74. The molecule has 6 heteroatoms. The lowest BCUT2D eigenvalue weighted by Crippen LogP contribution is -2.26. The number of hydrogen-bond acceptors (Lipinski definition) is 4. The number of hydrogen-bond donors (Lipinski definition) is 2. The lowest BCUT2D eigenvalue weighted by Gasteiger charge is -2.21. The van der Waals surface area contributed by atoms with Gasteiger partial charge in [-0.2, -0.15) is 0 Å². The van der Waals surface area contributed by atoms with Crippen molar-refractivity contribution in [3.63, 3.8) is 0 Å². The van der Waals surface area contributed by atoms with Crippen molar-refractivity contribution >= 4 is 45.3 Å². The molecule has 0 bridgehead atoms. The number of ether oxygens (including phenoxy) is 1. The van der Waals surface area contributed by atoms with Crippen LogP contribution in [0.5, 0.6) is 0 Å². The van der Waals surface area contributed by atoms with Gasteiger partial charge in [0.05, 0.1) is 5.56 Å². The lowest BCUT2D eigenvalue weighted by molar-refractivity contribution is 0.00699. The molecule has 0 amide bonds. The number of thiocarbonyl (C=S) groups is 1. The fourth-order valence-corrected chi connectivity index (χ4v) is 4.55. The number of aryl methyl sites for hydroxylation is 1. The summed E-state index contributed by atoms with van der Waals surface area (Å²) in [5.41, 5.74) is 2.16. The molecule has 0 unspecified atom stereocenters. The van der Waals surface area contributed by atoms with Crippen LogP contribution in [0.4, 0.5) is 10.7 Å². The van der Waals surface area contributed by atoms with Gasteiger partial charge in [0, 0.05) is 10.6 Å². The summed E-state index contributed by atoms with van der Waals surface area (Å²) in [6.45, 7) is 5.66. The molecule has 138 valence electrons. The molecule has 1 aromatic carbocycles. The van der Waals surface area contributed by atoms with Crippen molar-refractivity contribution in [3.05, 3.63) is 46.3 Å². The Hall–Kier alpha value is -1.92. The van der Waals surface area contributed by atoms with Gasteiger partial charge in [-0.05, 0) is 76.4 Å². The highest BCUT2D eigenvalue weighted by Crippen LogP contribution is 2.39. The number of thiophene rings is 1. The van der Waals surface area contributed by atoms with E-state index in [2.05, 4.69) is 10.6 Å². The minimum Gasteiger partial charge on any atom is -0.456 e. The smallest absolute Gasteiger partial charge is 0.341 e.